The summed E-state index contributed by atoms with van der Waals surface area (Å²) in [6, 6.07) is 6.33. The van der Waals surface area contributed by atoms with Gasteiger partial charge >= 0.3 is 0 Å². The molecule has 0 aliphatic rings. The Morgan fingerprint density at radius 1 is 1.25 bits per heavy atom. The number of hydrogen-bond acceptors (Lipinski definition) is 7. The van der Waals surface area contributed by atoms with Gasteiger partial charge in [-0.2, -0.15) is 5.26 Å². The standard InChI is InChI=1S/C21H24N6S/c1-14-11-25-20(24-9-7-15-6-5-8-23-12-15)27-18(14)16(10-22)19-26-17(13-28-19)21(2,3)4/h5-6,8,11-13,16H,7,9H2,1-4H3,(H,24,25,27). The zero-order valence-electron chi connectivity index (χ0n) is 16.6. The van der Waals surface area contributed by atoms with Gasteiger partial charge in [0.05, 0.1) is 17.5 Å². The first-order valence-corrected chi connectivity index (χ1v) is 10.1. The summed E-state index contributed by atoms with van der Waals surface area (Å²) in [7, 11) is 0. The van der Waals surface area contributed by atoms with Crippen LogP contribution in [0.25, 0.3) is 0 Å². The van der Waals surface area contributed by atoms with Gasteiger partial charge in [-0.3, -0.25) is 4.98 Å². The molecule has 0 spiro atoms. The van der Waals surface area contributed by atoms with Crippen molar-refractivity contribution in [2.45, 2.75) is 45.4 Å². The lowest BCUT2D eigenvalue weighted by Gasteiger charge is -2.15. The normalized spacial score (nSPS) is 12.4. The quantitative estimate of drug-likeness (QED) is 0.675. The fourth-order valence-electron chi connectivity index (χ4n) is 2.70. The van der Waals surface area contributed by atoms with Crippen LogP contribution in [0.4, 0.5) is 5.95 Å². The van der Waals surface area contributed by atoms with Crippen LogP contribution in [-0.4, -0.2) is 26.5 Å². The van der Waals surface area contributed by atoms with Gasteiger partial charge in [-0.1, -0.05) is 26.8 Å². The summed E-state index contributed by atoms with van der Waals surface area (Å²) in [5, 5.41) is 15.9. The highest BCUT2D eigenvalue weighted by molar-refractivity contribution is 7.09. The van der Waals surface area contributed by atoms with E-state index in [1.165, 1.54) is 11.3 Å². The van der Waals surface area contributed by atoms with Crippen molar-refractivity contribution in [3.8, 4) is 6.07 Å². The van der Waals surface area contributed by atoms with Crippen molar-refractivity contribution in [1.82, 2.24) is 19.9 Å². The number of nitriles is 1. The van der Waals surface area contributed by atoms with Crippen LogP contribution < -0.4 is 5.32 Å². The Balaban J connectivity index is 1.77. The first-order chi connectivity index (χ1) is 13.4. The molecule has 28 heavy (non-hydrogen) atoms. The molecule has 3 aromatic heterocycles. The van der Waals surface area contributed by atoms with E-state index in [9.17, 15) is 5.26 Å². The molecule has 0 amide bonds. The van der Waals surface area contributed by atoms with Crippen LogP contribution in [0.2, 0.25) is 0 Å². The van der Waals surface area contributed by atoms with Gasteiger partial charge in [0.1, 0.15) is 10.9 Å². The van der Waals surface area contributed by atoms with E-state index in [1.807, 2.05) is 30.6 Å². The van der Waals surface area contributed by atoms with Crippen molar-refractivity contribution in [2.24, 2.45) is 0 Å². The summed E-state index contributed by atoms with van der Waals surface area (Å²) in [4.78, 5) is 17.8. The zero-order chi connectivity index (χ0) is 20.1. The Hall–Kier alpha value is -2.85. The van der Waals surface area contributed by atoms with Gasteiger partial charge in [-0.25, -0.2) is 15.0 Å². The molecule has 0 saturated carbocycles. The molecule has 0 aliphatic heterocycles. The minimum absolute atomic E-state index is 0.0471. The molecule has 3 rings (SSSR count). The second-order valence-electron chi connectivity index (χ2n) is 7.68. The molecule has 0 aliphatic carbocycles. The largest absolute Gasteiger partial charge is 0.354 e. The predicted molar refractivity (Wildman–Crippen MR) is 111 cm³/mol. The van der Waals surface area contributed by atoms with Gasteiger partial charge < -0.3 is 5.32 Å². The number of nitrogens with zero attached hydrogens (tertiary/aromatic N) is 5. The minimum Gasteiger partial charge on any atom is -0.354 e. The molecule has 0 aromatic carbocycles. The second kappa shape index (κ2) is 8.44. The molecular weight excluding hydrogens is 368 g/mol. The summed E-state index contributed by atoms with van der Waals surface area (Å²) in [6.07, 6.45) is 6.20. The van der Waals surface area contributed by atoms with Crippen LogP contribution >= 0.6 is 11.3 Å². The highest BCUT2D eigenvalue weighted by Gasteiger charge is 2.25. The van der Waals surface area contributed by atoms with E-state index in [-0.39, 0.29) is 5.41 Å². The third kappa shape index (κ3) is 4.70. The Morgan fingerprint density at radius 2 is 2.07 bits per heavy atom. The van der Waals surface area contributed by atoms with E-state index < -0.39 is 5.92 Å². The zero-order valence-corrected chi connectivity index (χ0v) is 17.4. The number of thiazole rings is 1. The Labute approximate surface area is 169 Å². The van der Waals surface area contributed by atoms with Gasteiger partial charge in [0.2, 0.25) is 5.95 Å². The molecular formula is C21H24N6S. The maximum absolute atomic E-state index is 9.81. The molecule has 1 N–H and O–H groups in total. The van der Waals surface area contributed by atoms with Gasteiger partial charge in [0.15, 0.2) is 0 Å². The number of rotatable bonds is 6. The third-order valence-corrected chi connectivity index (χ3v) is 5.28. The van der Waals surface area contributed by atoms with E-state index in [2.05, 4.69) is 47.1 Å². The van der Waals surface area contributed by atoms with Gasteiger partial charge in [-0.15, -0.1) is 11.3 Å². The van der Waals surface area contributed by atoms with E-state index >= 15 is 0 Å². The average molecular weight is 393 g/mol. The first-order valence-electron chi connectivity index (χ1n) is 9.20. The molecule has 0 saturated heterocycles. The monoisotopic (exact) mass is 392 g/mol. The van der Waals surface area contributed by atoms with Crippen molar-refractivity contribution in [1.29, 1.82) is 5.26 Å². The fraction of sp³-hybridized carbons (Fsp3) is 0.381. The molecule has 0 fully saturated rings. The number of aryl methyl sites for hydroxylation is 1. The third-order valence-electron chi connectivity index (χ3n) is 4.37. The van der Waals surface area contributed by atoms with Crippen molar-refractivity contribution < 1.29 is 0 Å². The fourth-order valence-corrected chi connectivity index (χ4v) is 3.79. The van der Waals surface area contributed by atoms with E-state index in [1.54, 1.807) is 12.4 Å². The second-order valence-corrected chi connectivity index (χ2v) is 8.57. The molecule has 0 radical (unpaired) electrons. The van der Waals surface area contributed by atoms with Crippen molar-refractivity contribution >= 4 is 17.3 Å². The first kappa shape index (κ1) is 19.9. The molecule has 1 atom stereocenters. The van der Waals surface area contributed by atoms with Crippen LogP contribution in [0, 0.1) is 18.3 Å². The van der Waals surface area contributed by atoms with Crippen LogP contribution in [0.3, 0.4) is 0 Å². The van der Waals surface area contributed by atoms with E-state index in [0.29, 0.717) is 18.2 Å². The minimum atomic E-state index is -0.497. The van der Waals surface area contributed by atoms with E-state index in [0.717, 1.165) is 28.2 Å². The summed E-state index contributed by atoms with van der Waals surface area (Å²) in [6.45, 7) is 8.97. The summed E-state index contributed by atoms with van der Waals surface area (Å²) in [5.41, 5.74) is 3.69. The smallest absolute Gasteiger partial charge is 0.222 e. The molecule has 1 unspecified atom stereocenters. The maximum Gasteiger partial charge on any atom is 0.222 e. The lowest BCUT2D eigenvalue weighted by atomic mass is 9.93. The summed E-state index contributed by atoms with van der Waals surface area (Å²) < 4.78 is 0. The van der Waals surface area contributed by atoms with Crippen LogP contribution in [0.5, 0.6) is 0 Å². The molecule has 3 aromatic rings. The SMILES string of the molecule is Cc1cnc(NCCc2cccnc2)nc1C(C#N)c1nc(C(C)(C)C)cs1. The number of nitrogens with one attached hydrogen (secondary N) is 1. The number of aromatic nitrogens is 4. The summed E-state index contributed by atoms with van der Waals surface area (Å²) in [5.74, 6) is 0.0281. The van der Waals surface area contributed by atoms with Gasteiger partial charge in [-0.05, 0) is 30.5 Å². The topological polar surface area (TPSA) is 87.4 Å². The Kier molecular flexibility index (Phi) is 6.00. The van der Waals surface area contributed by atoms with Gasteiger partial charge in [0.25, 0.3) is 0 Å². The number of hydrogen-bond donors (Lipinski definition) is 1. The average Bonchev–Trinajstić information content (AvgIpc) is 3.16. The molecule has 7 heteroatoms. The van der Waals surface area contributed by atoms with E-state index in [4.69, 9.17) is 4.98 Å². The van der Waals surface area contributed by atoms with Crippen molar-refractivity contribution in [2.75, 3.05) is 11.9 Å². The number of anilines is 1. The van der Waals surface area contributed by atoms with Crippen molar-refractivity contribution in [3.63, 3.8) is 0 Å². The van der Waals surface area contributed by atoms with Crippen LogP contribution in [0.1, 0.15) is 54.2 Å². The van der Waals surface area contributed by atoms with Gasteiger partial charge in [0, 0.05) is 35.9 Å². The molecule has 0 bridgehead atoms. The predicted octanol–water partition coefficient (Wildman–Crippen LogP) is 4.24. The lowest BCUT2D eigenvalue weighted by Crippen LogP contribution is -2.13. The maximum atomic E-state index is 9.81. The molecule has 3 heterocycles. The molecule has 6 nitrogen and oxygen atoms in total. The lowest BCUT2D eigenvalue weighted by molar-refractivity contribution is 0.570. The highest BCUT2D eigenvalue weighted by atomic mass is 32.1. The van der Waals surface area contributed by atoms with Crippen molar-refractivity contribution in [3.05, 3.63) is 63.6 Å². The molecule has 144 valence electrons. The Bertz CT molecular complexity index is 969. The Morgan fingerprint density at radius 3 is 2.71 bits per heavy atom. The number of pyridine rings is 1. The van der Waals surface area contributed by atoms with Crippen LogP contribution in [0.15, 0.2) is 36.1 Å². The highest BCUT2D eigenvalue weighted by Crippen LogP contribution is 2.31. The van der Waals surface area contributed by atoms with Crippen LogP contribution in [-0.2, 0) is 11.8 Å². The summed E-state index contributed by atoms with van der Waals surface area (Å²) >= 11 is 1.51.